The van der Waals surface area contributed by atoms with Crippen LogP contribution in [0.3, 0.4) is 0 Å². The molecule has 1 rings (SSSR count). The second-order valence-corrected chi connectivity index (χ2v) is 3.55. The van der Waals surface area contributed by atoms with E-state index in [4.69, 9.17) is 4.74 Å². The molecule has 0 bridgehead atoms. The van der Waals surface area contributed by atoms with Gasteiger partial charge in [0, 0.05) is 19.1 Å². The second kappa shape index (κ2) is 4.80. The highest BCUT2D eigenvalue weighted by Gasteiger charge is 2.24. The van der Waals surface area contributed by atoms with Gasteiger partial charge in [0.1, 0.15) is 0 Å². The van der Waals surface area contributed by atoms with Crippen LogP contribution in [0.25, 0.3) is 0 Å². The van der Waals surface area contributed by atoms with E-state index in [0.717, 1.165) is 19.5 Å². The summed E-state index contributed by atoms with van der Waals surface area (Å²) < 4.78 is 5.31. The quantitative estimate of drug-likeness (QED) is 0.668. The van der Waals surface area contributed by atoms with Crippen LogP contribution in [0.2, 0.25) is 0 Å². The highest BCUT2D eigenvalue weighted by molar-refractivity contribution is 4.74. The van der Waals surface area contributed by atoms with Gasteiger partial charge >= 0.3 is 0 Å². The number of aliphatic hydroxyl groups is 1. The molecule has 1 heterocycles. The zero-order valence-corrected chi connectivity index (χ0v) is 7.99. The average molecular weight is 173 g/mol. The Morgan fingerprint density at radius 1 is 1.58 bits per heavy atom. The summed E-state index contributed by atoms with van der Waals surface area (Å²) in [6, 6.07) is 0. The number of hydrogen-bond donors (Lipinski definition) is 1. The van der Waals surface area contributed by atoms with Crippen molar-refractivity contribution in [1.29, 1.82) is 0 Å². The second-order valence-electron chi connectivity index (χ2n) is 3.55. The molecule has 0 aromatic heterocycles. The van der Waals surface area contributed by atoms with Crippen LogP contribution in [-0.2, 0) is 4.74 Å². The number of rotatable bonds is 3. The van der Waals surface area contributed by atoms with Crippen molar-refractivity contribution in [1.82, 2.24) is 4.90 Å². The van der Waals surface area contributed by atoms with Crippen molar-refractivity contribution in [3.05, 3.63) is 0 Å². The van der Waals surface area contributed by atoms with E-state index in [1.165, 1.54) is 0 Å². The minimum Gasteiger partial charge on any atom is -0.393 e. The minimum absolute atomic E-state index is 0.159. The lowest BCUT2D eigenvalue weighted by Gasteiger charge is -2.30. The fraction of sp³-hybridized carbons (Fsp3) is 1.00. The molecule has 1 aliphatic heterocycles. The molecular weight excluding hydrogens is 154 g/mol. The molecular formula is C9H19NO2. The normalized spacial score (nSPS) is 31.0. The van der Waals surface area contributed by atoms with E-state index in [9.17, 15) is 5.11 Å². The fourth-order valence-electron chi connectivity index (χ4n) is 1.49. The first-order valence-corrected chi connectivity index (χ1v) is 4.68. The molecule has 1 aliphatic rings. The first-order chi connectivity index (χ1) is 5.74. The largest absolute Gasteiger partial charge is 0.393 e. The van der Waals surface area contributed by atoms with Gasteiger partial charge < -0.3 is 14.7 Å². The lowest BCUT2D eigenvalue weighted by Crippen LogP contribution is -2.39. The summed E-state index contributed by atoms with van der Waals surface area (Å²) in [7, 11) is 2.07. The van der Waals surface area contributed by atoms with Crippen molar-refractivity contribution in [2.24, 2.45) is 5.92 Å². The van der Waals surface area contributed by atoms with Gasteiger partial charge in [-0.1, -0.05) is 6.92 Å². The summed E-state index contributed by atoms with van der Waals surface area (Å²) in [5, 5.41) is 9.61. The molecule has 2 atom stereocenters. The van der Waals surface area contributed by atoms with Gasteiger partial charge in [0.05, 0.1) is 12.7 Å². The maximum Gasteiger partial charge on any atom is 0.0624 e. The highest BCUT2D eigenvalue weighted by Crippen LogP contribution is 2.15. The third-order valence-electron chi connectivity index (χ3n) is 2.52. The Morgan fingerprint density at radius 3 is 2.92 bits per heavy atom. The molecule has 3 nitrogen and oxygen atoms in total. The molecule has 1 saturated heterocycles. The summed E-state index contributed by atoms with van der Waals surface area (Å²) in [5.41, 5.74) is 0. The predicted molar refractivity (Wildman–Crippen MR) is 48.1 cm³/mol. The Morgan fingerprint density at radius 2 is 2.33 bits per heavy atom. The van der Waals surface area contributed by atoms with E-state index < -0.39 is 0 Å². The molecule has 1 fully saturated rings. The lowest BCUT2D eigenvalue weighted by atomic mass is 9.98. The first kappa shape index (κ1) is 9.96. The number of hydrogen-bond acceptors (Lipinski definition) is 3. The maximum absolute atomic E-state index is 9.61. The molecule has 0 aromatic carbocycles. The zero-order chi connectivity index (χ0) is 8.97. The first-order valence-electron chi connectivity index (χ1n) is 4.68. The molecule has 0 aromatic rings. The Hall–Kier alpha value is -0.120. The summed E-state index contributed by atoms with van der Waals surface area (Å²) in [6.45, 7) is 5.52. The van der Waals surface area contributed by atoms with Gasteiger partial charge in [0.15, 0.2) is 0 Å². The van der Waals surface area contributed by atoms with Crippen LogP contribution in [0.1, 0.15) is 13.3 Å². The molecule has 3 heteroatoms. The Kier molecular flexibility index (Phi) is 3.98. The number of nitrogens with zero attached hydrogens (tertiary/aromatic N) is 1. The molecule has 12 heavy (non-hydrogen) atoms. The Labute approximate surface area is 74.3 Å². The van der Waals surface area contributed by atoms with Crippen molar-refractivity contribution in [3.63, 3.8) is 0 Å². The number of aliphatic hydroxyl groups excluding tert-OH is 1. The highest BCUT2D eigenvalue weighted by atomic mass is 16.5. The molecule has 72 valence electrons. The smallest absolute Gasteiger partial charge is 0.0624 e. The van der Waals surface area contributed by atoms with E-state index >= 15 is 0 Å². The topological polar surface area (TPSA) is 32.7 Å². The van der Waals surface area contributed by atoms with Gasteiger partial charge in [-0.15, -0.1) is 0 Å². The standard InChI is InChI=1S/C9H19NO2/c1-3-10(2)6-8-7-12-5-4-9(8)11/h8-9,11H,3-7H2,1-2H3. The van der Waals surface area contributed by atoms with Gasteiger partial charge in [-0.05, 0) is 20.0 Å². The minimum atomic E-state index is -0.159. The molecule has 1 N–H and O–H groups in total. The van der Waals surface area contributed by atoms with Crippen molar-refractivity contribution in [2.75, 3.05) is 33.4 Å². The predicted octanol–water partition coefficient (Wildman–Crippen LogP) is 0.335. The van der Waals surface area contributed by atoms with Crippen LogP contribution in [-0.4, -0.2) is 49.5 Å². The van der Waals surface area contributed by atoms with E-state index in [2.05, 4.69) is 18.9 Å². The molecule has 2 unspecified atom stereocenters. The monoisotopic (exact) mass is 173 g/mol. The maximum atomic E-state index is 9.61. The lowest BCUT2D eigenvalue weighted by molar-refractivity contribution is -0.0440. The average Bonchev–Trinajstić information content (AvgIpc) is 2.09. The SMILES string of the molecule is CCN(C)CC1COCCC1O. The molecule has 0 amide bonds. The van der Waals surface area contributed by atoms with Crippen molar-refractivity contribution in [2.45, 2.75) is 19.4 Å². The third-order valence-corrected chi connectivity index (χ3v) is 2.52. The van der Waals surface area contributed by atoms with Gasteiger partial charge in [-0.2, -0.15) is 0 Å². The van der Waals surface area contributed by atoms with Crippen molar-refractivity contribution < 1.29 is 9.84 Å². The molecule has 0 spiro atoms. The van der Waals surface area contributed by atoms with Crippen LogP contribution in [0.5, 0.6) is 0 Å². The van der Waals surface area contributed by atoms with Crippen LogP contribution < -0.4 is 0 Å². The van der Waals surface area contributed by atoms with E-state index in [0.29, 0.717) is 19.1 Å². The third kappa shape index (κ3) is 2.73. The summed E-state index contributed by atoms with van der Waals surface area (Å²) >= 11 is 0. The summed E-state index contributed by atoms with van der Waals surface area (Å²) in [5.74, 6) is 0.309. The van der Waals surface area contributed by atoms with Gasteiger partial charge in [0.25, 0.3) is 0 Å². The van der Waals surface area contributed by atoms with Crippen molar-refractivity contribution >= 4 is 0 Å². The van der Waals surface area contributed by atoms with Crippen LogP contribution in [0, 0.1) is 5.92 Å². The van der Waals surface area contributed by atoms with Crippen molar-refractivity contribution in [3.8, 4) is 0 Å². The fourth-order valence-corrected chi connectivity index (χ4v) is 1.49. The van der Waals surface area contributed by atoms with E-state index in [-0.39, 0.29) is 6.10 Å². The molecule has 0 radical (unpaired) electrons. The molecule has 0 aliphatic carbocycles. The summed E-state index contributed by atoms with van der Waals surface area (Å²) in [4.78, 5) is 2.21. The van der Waals surface area contributed by atoms with Gasteiger partial charge in [-0.3, -0.25) is 0 Å². The Balaban J connectivity index is 2.28. The molecule has 0 saturated carbocycles. The Bertz CT molecular complexity index is 130. The van der Waals surface area contributed by atoms with Gasteiger partial charge in [-0.25, -0.2) is 0 Å². The van der Waals surface area contributed by atoms with Gasteiger partial charge in [0.2, 0.25) is 0 Å². The van der Waals surface area contributed by atoms with Crippen LogP contribution in [0.4, 0.5) is 0 Å². The van der Waals surface area contributed by atoms with E-state index in [1.807, 2.05) is 0 Å². The summed E-state index contributed by atoms with van der Waals surface area (Å²) in [6.07, 6.45) is 0.634. The van der Waals surface area contributed by atoms with E-state index in [1.54, 1.807) is 0 Å². The van der Waals surface area contributed by atoms with Crippen LogP contribution in [0.15, 0.2) is 0 Å². The van der Waals surface area contributed by atoms with Crippen LogP contribution >= 0.6 is 0 Å². The zero-order valence-electron chi connectivity index (χ0n) is 7.99. The number of ether oxygens (including phenoxy) is 1.